The van der Waals surface area contributed by atoms with Crippen molar-refractivity contribution in [2.24, 2.45) is 5.92 Å². The SMILES string of the molecule is Brc1cc(CC2CCCNC2)ccc1-n1cncn1. The lowest BCUT2D eigenvalue weighted by molar-refractivity contribution is 0.376. The average Bonchev–Trinajstić information content (AvgIpc) is 2.94. The van der Waals surface area contributed by atoms with Crippen LogP contribution in [0.5, 0.6) is 0 Å². The summed E-state index contributed by atoms with van der Waals surface area (Å²) in [7, 11) is 0. The zero-order valence-corrected chi connectivity index (χ0v) is 12.3. The van der Waals surface area contributed by atoms with Gasteiger partial charge in [0.2, 0.25) is 0 Å². The molecule has 5 heteroatoms. The van der Waals surface area contributed by atoms with E-state index in [4.69, 9.17) is 0 Å². The smallest absolute Gasteiger partial charge is 0.138 e. The standard InChI is InChI=1S/C14H17BrN4/c15-13-7-11(6-12-2-1-5-16-8-12)3-4-14(13)19-10-17-9-18-19/h3-4,7,9-10,12,16H,1-2,5-6,8H2. The zero-order chi connectivity index (χ0) is 13.1. The van der Waals surface area contributed by atoms with Gasteiger partial charge in [-0.05, 0) is 71.9 Å². The second-order valence-electron chi connectivity index (χ2n) is 5.04. The Balaban J connectivity index is 1.75. The highest BCUT2D eigenvalue weighted by Crippen LogP contribution is 2.24. The molecule has 0 bridgehead atoms. The van der Waals surface area contributed by atoms with E-state index < -0.39 is 0 Å². The molecule has 0 spiro atoms. The molecule has 19 heavy (non-hydrogen) atoms. The van der Waals surface area contributed by atoms with Crippen LogP contribution < -0.4 is 5.32 Å². The van der Waals surface area contributed by atoms with Crippen molar-refractivity contribution < 1.29 is 0 Å². The summed E-state index contributed by atoms with van der Waals surface area (Å²) in [4.78, 5) is 3.98. The Hall–Kier alpha value is -1.20. The van der Waals surface area contributed by atoms with Gasteiger partial charge in [0.1, 0.15) is 12.7 Å². The molecule has 4 nitrogen and oxygen atoms in total. The summed E-state index contributed by atoms with van der Waals surface area (Å²) in [6, 6.07) is 6.49. The van der Waals surface area contributed by atoms with E-state index in [0.29, 0.717) is 0 Å². The maximum absolute atomic E-state index is 4.16. The molecule has 1 unspecified atom stereocenters. The summed E-state index contributed by atoms with van der Waals surface area (Å²) in [6.07, 6.45) is 7.03. The van der Waals surface area contributed by atoms with Crippen LogP contribution in [-0.4, -0.2) is 27.9 Å². The van der Waals surface area contributed by atoms with Gasteiger partial charge in [-0.1, -0.05) is 6.07 Å². The second-order valence-corrected chi connectivity index (χ2v) is 5.90. The van der Waals surface area contributed by atoms with Crippen LogP contribution in [0.3, 0.4) is 0 Å². The summed E-state index contributed by atoms with van der Waals surface area (Å²) in [6.45, 7) is 2.31. The normalized spacial score (nSPS) is 19.5. The van der Waals surface area contributed by atoms with Gasteiger partial charge in [-0.3, -0.25) is 0 Å². The molecule has 3 rings (SSSR count). The topological polar surface area (TPSA) is 42.7 Å². The van der Waals surface area contributed by atoms with Crippen molar-refractivity contribution in [3.8, 4) is 5.69 Å². The summed E-state index contributed by atoms with van der Waals surface area (Å²) < 4.78 is 2.84. The molecule has 0 aliphatic carbocycles. The molecule has 1 aliphatic rings. The van der Waals surface area contributed by atoms with Gasteiger partial charge < -0.3 is 5.32 Å². The minimum absolute atomic E-state index is 0.762. The molecule has 1 aliphatic heterocycles. The number of rotatable bonds is 3. The van der Waals surface area contributed by atoms with Crippen LogP contribution in [0.4, 0.5) is 0 Å². The number of nitrogens with zero attached hydrogens (tertiary/aromatic N) is 3. The molecule has 1 fully saturated rings. The third kappa shape index (κ3) is 3.04. The Morgan fingerprint density at radius 3 is 3.05 bits per heavy atom. The summed E-state index contributed by atoms with van der Waals surface area (Å²) >= 11 is 3.63. The third-order valence-electron chi connectivity index (χ3n) is 3.60. The molecule has 1 aromatic heterocycles. The average molecular weight is 321 g/mol. The van der Waals surface area contributed by atoms with Crippen molar-refractivity contribution in [1.82, 2.24) is 20.1 Å². The van der Waals surface area contributed by atoms with E-state index >= 15 is 0 Å². The molecule has 0 amide bonds. The fourth-order valence-corrected chi connectivity index (χ4v) is 3.24. The minimum Gasteiger partial charge on any atom is -0.316 e. The molecule has 2 heterocycles. The van der Waals surface area contributed by atoms with Crippen LogP contribution in [-0.2, 0) is 6.42 Å². The Morgan fingerprint density at radius 2 is 2.37 bits per heavy atom. The van der Waals surface area contributed by atoms with Crippen LogP contribution in [0.1, 0.15) is 18.4 Å². The first kappa shape index (κ1) is 12.8. The Labute approximate surface area is 121 Å². The van der Waals surface area contributed by atoms with Crippen molar-refractivity contribution in [1.29, 1.82) is 0 Å². The molecule has 1 N–H and O–H groups in total. The molecular formula is C14H17BrN4. The highest BCUT2D eigenvalue weighted by molar-refractivity contribution is 9.10. The maximum Gasteiger partial charge on any atom is 0.138 e. The second kappa shape index (κ2) is 5.84. The highest BCUT2D eigenvalue weighted by atomic mass is 79.9. The van der Waals surface area contributed by atoms with Gasteiger partial charge in [0.15, 0.2) is 0 Å². The van der Waals surface area contributed by atoms with E-state index in [-0.39, 0.29) is 0 Å². The van der Waals surface area contributed by atoms with Crippen LogP contribution in [0.2, 0.25) is 0 Å². The predicted molar refractivity (Wildman–Crippen MR) is 78.4 cm³/mol. The Kier molecular flexibility index (Phi) is 3.94. The first-order chi connectivity index (χ1) is 9.33. The molecule has 1 atom stereocenters. The minimum atomic E-state index is 0.762. The van der Waals surface area contributed by atoms with E-state index in [1.54, 1.807) is 17.3 Å². The summed E-state index contributed by atoms with van der Waals surface area (Å²) in [5.41, 5.74) is 2.41. The first-order valence-electron chi connectivity index (χ1n) is 6.67. The van der Waals surface area contributed by atoms with Gasteiger partial charge in [-0.15, -0.1) is 0 Å². The largest absolute Gasteiger partial charge is 0.316 e. The predicted octanol–water partition coefficient (Wildman–Crippen LogP) is 2.57. The summed E-state index contributed by atoms with van der Waals surface area (Å²) in [5, 5.41) is 7.63. The number of nitrogens with one attached hydrogen (secondary N) is 1. The number of hydrogen-bond acceptors (Lipinski definition) is 3. The van der Waals surface area contributed by atoms with E-state index in [9.17, 15) is 0 Å². The fraction of sp³-hybridized carbons (Fsp3) is 0.429. The van der Waals surface area contributed by atoms with Crippen LogP contribution in [0.25, 0.3) is 5.69 Å². The monoisotopic (exact) mass is 320 g/mol. The summed E-state index contributed by atoms with van der Waals surface area (Å²) in [5.74, 6) is 0.762. The van der Waals surface area contributed by atoms with Crippen molar-refractivity contribution in [2.45, 2.75) is 19.3 Å². The Morgan fingerprint density at radius 1 is 1.42 bits per heavy atom. The van der Waals surface area contributed by atoms with Gasteiger partial charge >= 0.3 is 0 Å². The number of hydrogen-bond donors (Lipinski definition) is 1. The van der Waals surface area contributed by atoms with Crippen LogP contribution >= 0.6 is 15.9 Å². The van der Waals surface area contributed by atoms with E-state index in [0.717, 1.165) is 29.0 Å². The molecule has 1 saturated heterocycles. The maximum atomic E-state index is 4.16. The Bertz CT molecular complexity index is 532. The zero-order valence-electron chi connectivity index (χ0n) is 10.7. The lowest BCUT2D eigenvalue weighted by atomic mass is 9.92. The van der Waals surface area contributed by atoms with Gasteiger partial charge in [-0.25, -0.2) is 9.67 Å². The molecule has 0 radical (unpaired) electrons. The van der Waals surface area contributed by atoms with Gasteiger partial charge in [0.25, 0.3) is 0 Å². The first-order valence-corrected chi connectivity index (χ1v) is 7.46. The van der Waals surface area contributed by atoms with Crippen molar-refractivity contribution in [3.05, 3.63) is 40.9 Å². The van der Waals surface area contributed by atoms with Gasteiger partial charge in [-0.2, -0.15) is 5.10 Å². The van der Waals surface area contributed by atoms with Crippen LogP contribution in [0, 0.1) is 5.92 Å². The molecule has 0 saturated carbocycles. The van der Waals surface area contributed by atoms with E-state index in [1.165, 1.54) is 24.9 Å². The van der Waals surface area contributed by atoms with E-state index in [2.05, 4.69) is 49.5 Å². The molecular weight excluding hydrogens is 304 g/mol. The lowest BCUT2D eigenvalue weighted by Gasteiger charge is -2.22. The van der Waals surface area contributed by atoms with Gasteiger partial charge in [0.05, 0.1) is 5.69 Å². The number of aromatic nitrogens is 3. The molecule has 100 valence electrons. The molecule has 1 aromatic carbocycles. The molecule has 2 aromatic rings. The lowest BCUT2D eigenvalue weighted by Crippen LogP contribution is -2.30. The van der Waals surface area contributed by atoms with E-state index in [1.807, 2.05) is 0 Å². The number of piperidine rings is 1. The number of benzene rings is 1. The van der Waals surface area contributed by atoms with Crippen molar-refractivity contribution in [3.63, 3.8) is 0 Å². The highest BCUT2D eigenvalue weighted by Gasteiger charge is 2.14. The third-order valence-corrected chi connectivity index (χ3v) is 4.24. The van der Waals surface area contributed by atoms with Crippen molar-refractivity contribution in [2.75, 3.05) is 13.1 Å². The van der Waals surface area contributed by atoms with Gasteiger partial charge in [0, 0.05) is 4.47 Å². The quantitative estimate of drug-likeness (QED) is 0.945. The fourth-order valence-electron chi connectivity index (χ4n) is 2.63. The van der Waals surface area contributed by atoms with Crippen molar-refractivity contribution >= 4 is 15.9 Å². The van der Waals surface area contributed by atoms with Crippen LogP contribution in [0.15, 0.2) is 35.3 Å². The number of halogens is 1.